The number of halogens is 1. The van der Waals surface area contributed by atoms with Crippen LogP contribution in [0.5, 0.6) is 0 Å². The number of rotatable bonds is 3. The van der Waals surface area contributed by atoms with E-state index >= 15 is 0 Å². The van der Waals surface area contributed by atoms with E-state index in [-0.39, 0.29) is 0 Å². The molecule has 3 nitrogen and oxygen atoms in total. The van der Waals surface area contributed by atoms with Crippen molar-refractivity contribution in [2.75, 3.05) is 5.32 Å². The first kappa shape index (κ1) is 9.61. The van der Waals surface area contributed by atoms with E-state index in [1.54, 1.807) is 17.5 Å². The first-order valence-corrected chi connectivity index (χ1v) is 5.80. The van der Waals surface area contributed by atoms with Crippen molar-refractivity contribution in [1.29, 1.82) is 0 Å². The minimum atomic E-state index is 0.743. The fourth-order valence-electron chi connectivity index (χ4n) is 0.998. The van der Waals surface area contributed by atoms with Gasteiger partial charge in [-0.2, -0.15) is 0 Å². The summed E-state index contributed by atoms with van der Waals surface area (Å²) in [6.45, 7) is 0.743. The van der Waals surface area contributed by atoms with Gasteiger partial charge in [0, 0.05) is 5.38 Å². The van der Waals surface area contributed by atoms with Gasteiger partial charge in [0.1, 0.15) is 4.60 Å². The van der Waals surface area contributed by atoms with Crippen molar-refractivity contribution in [2.45, 2.75) is 6.54 Å². The van der Waals surface area contributed by atoms with Crippen LogP contribution in [0.25, 0.3) is 0 Å². The molecule has 0 aliphatic heterocycles. The van der Waals surface area contributed by atoms with Crippen molar-refractivity contribution in [3.05, 3.63) is 39.5 Å². The Kier molecular flexibility index (Phi) is 3.10. The van der Waals surface area contributed by atoms with E-state index in [9.17, 15) is 0 Å². The fourth-order valence-corrected chi connectivity index (χ4v) is 1.79. The lowest BCUT2D eigenvalue weighted by atomic mass is 10.4. The lowest BCUT2D eigenvalue weighted by Gasteiger charge is -2.02. The molecule has 0 aliphatic rings. The molecule has 0 fully saturated rings. The largest absolute Gasteiger partial charge is 0.378 e. The Balaban J connectivity index is 1.95. The Morgan fingerprint density at radius 3 is 2.93 bits per heavy atom. The van der Waals surface area contributed by atoms with Crippen molar-refractivity contribution in [3.63, 3.8) is 0 Å². The van der Waals surface area contributed by atoms with Gasteiger partial charge >= 0.3 is 0 Å². The maximum absolute atomic E-state index is 4.18. The third kappa shape index (κ3) is 2.52. The van der Waals surface area contributed by atoms with Crippen LogP contribution in [0.15, 0.2) is 33.8 Å². The molecular weight excluding hydrogens is 262 g/mol. The predicted molar refractivity (Wildman–Crippen MR) is 61.4 cm³/mol. The summed E-state index contributed by atoms with van der Waals surface area (Å²) in [6, 6.07) is 3.88. The highest BCUT2D eigenvalue weighted by molar-refractivity contribution is 9.10. The number of nitrogens with one attached hydrogen (secondary N) is 1. The molecule has 2 aromatic rings. The highest BCUT2D eigenvalue weighted by atomic mass is 79.9. The Hall–Kier alpha value is -0.940. The van der Waals surface area contributed by atoms with Gasteiger partial charge in [0.15, 0.2) is 0 Å². The van der Waals surface area contributed by atoms with Crippen LogP contribution >= 0.6 is 27.3 Å². The maximum atomic E-state index is 4.18. The molecule has 72 valence electrons. The van der Waals surface area contributed by atoms with E-state index in [0.29, 0.717) is 0 Å². The van der Waals surface area contributed by atoms with Gasteiger partial charge in [-0.1, -0.05) is 0 Å². The smallest absolute Gasteiger partial charge is 0.106 e. The lowest BCUT2D eigenvalue weighted by Crippen LogP contribution is -1.99. The van der Waals surface area contributed by atoms with E-state index in [1.165, 1.54) is 0 Å². The van der Waals surface area contributed by atoms with Crippen molar-refractivity contribution < 1.29 is 0 Å². The van der Waals surface area contributed by atoms with E-state index in [0.717, 1.165) is 22.5 Å². The summed E-state index contributed by atoms with van der Waals surface area (Å²) in [5.74, 6) is 0. The molecule has 2 aromatic heterocycles. The number of anilines is 1. The third-order valence-corrected chi connectivity index (χ3v) is 2.79. The SMILES string of the molecule is Brc1ccc(NCc2cscn2)cn1. The first-order valence-electron chi connectivity index (χ1n) is 4.07. The normalized spacial score (nSPS) is 10.1. The van der Waals surface area contributed by atoms with Crippen molar-refractivity contribution in [3.8, 4) is 0 Å². The van der Waals surface area contributed by atoms with Crippen LogP contribution in [0.4, 0.5) is 5.69 Å². The molecule has 0 saturated heterocycles. The molecule has 0 spiro atoms. The van der Waals surface area contributed by atoms with Crippen LogP contribution in [0, 0.1) is 0 Å². The van der Waals surface area contributed by atoms with Crippen molar-refractivity contribution in [2.24, 2.45) is 0 Å². The van der Waals surface area contributed by atoms with Crippen LogP contribution in [0.1, 0.15) is 5.69 Å². The molecule has 2 rings (SSSR count). The predicted octanol–water partition coefficient (Wildman–Crippen LogP) is 2.91. The summed E-state index contributed by atoms with van der Waals surface area (Å²) in [6.07, 6.45) is 1.79. The molecule has 5 heteroatoms. The number of hydrogen-bond donors (Lipinski definition) is 1. The summed E-state index contributed by atoms with van der Waals surface area (Å²) in [5, 5.41) is 5.26. The van der Waals surface area contributed by atoms with Crippen molar-refractivity contribution in [1.82, 2.24) is 9.97 Å². The van der Waals surface area contributed by atoms with Crippen LogP contribution < -0.4 is 5.32 Å². The number of hydrogen-bond acceptors (Lipinski definition) is 4. The van der Waals surface area contributed by atoms with Gasteiger partial charge in [-0.05, 0) is 28.1 Å². The second kappa shape index (κ2) is 4.52. The molecule has 0 aliphatic carbocycles. The molecule has 14 heavy (non-hydrogen) atoms. The molecular formula is C9H8BrN3S. The zero-order valence-corrected chi connectivity index (χ0v) is 9.68. The third-order valence-electron chi connectivity index (χ3n) is 1.68. The molecule has 0 saturated carbocycles. The second-order valence-corrected chi connectivity index (χ2v) is 4.23. The Morgan fingerprint density at radius 1 is 1.36 bits per heavy atom. The average molecular weight is 270 g/mol. The fraction of sp³-hybridized carbons (Fsp3) is 0.111. The molecule has 0 amide bonds. The van der Waals surface area contributed by atoms with Gasteiger partial charge in [0.05, 0.1) is 29.6 Å². The van der Waals surface area contributed by atoms with E-state index in [2.05, 4.69) is 31.2 Å². The minimum Gasteiger partial charge on any atom is -0.378 e. The number of aromatic nitrogens is 2. The standard InChI is InChI=1S/C9H8BrN3S/c10-9-2-1-7(3-12-9)11-4-8-5-14-6-13-8/h1-3,5-6,11H,4H2. The summed E-state index contributed by atoms with van der Waals surface area (Å²) < 4.78 is 0.844. The van der Waals surface area contributed by atoms with Gasteiger partial charge in [-0.15, -0.1) is 11.3 Å². The van der Waals surface area contributed by atoms with Crippen molar-refractivity contribution >= 4 is 33.0 Å². The van der Waals surface area contributed by atoms with Crippen LogP contribution in [-0.2, 0) is 6.54 Å². The summed E-state index contributed by atoms with van der Waals surface area (Å²) >= 11 is 4.89. The second-order valence-electron chi connectivity index (χ2n) is 2.70. The van der Waals surface area contributed by atoms with E-state index < -0.39 is 0 Å². The monoisotopic (exact) mass is 269 g/mol. The van der Waals surface area contributed by atoms with Gasteiger partial charge in [0.25, 0.3) is 0 Å². The van der Waals surface area contributed by atoms with Gasteiger partial charge < -0.3 is 5.32 Å². The Bertz CT molecular complexity index is 385. The molecule has 1 N–H and O–H groups in total. The molecule has 0 unspecified atom stereocenters. The van der Waals surface area contributed by atoms with E-state index in [4.69, 9.17) is 0 Å². The number of nitrogens with zero attached hydrogens (tertiary/aromatic N) is 2. The van der Waals surface area contributed by atoms with Gasteiger partial charge in [-0.3, -0.25) is 0 Å². The number of thiazole rings is 1. The van der Waals surface area contributed by atoms with Crippen LogP contribution in [0.2, 0.25) is 0 Å². The summed E-state index contributed by atoms with van der Waals surface area (Å²) in [5.41, 5.74) is 3.88. The van der Waals surface area contributed by atoms with Gasteiger partial charge in [0.2, 0.25) is 0 Å². The number of pyridine rings is 1. The quantitative estimate of drug-likeness (QED) is 0.871. The lowest BCUT2D eigenvalue weighted by molar-refractivity contribution is 1.07. The molecule has 0 aromatic carbocycles. The van der Waals surface area contributed by atoms with Crippen LogP contribution in [0.3, 0.4) is 0 Å². The summed E-state index contributed by atoms with van der Waals surface area (Å²) in [4.78, 5) is 8.29. The molecule has 0 atom stereocenters. The first-order chi connectivity index (χ1) is 6.84. The molecule has 0 radical (unpaired) electrons. The highest BCUT2D eigenvalue weighted by Crippen LogP contribution is 2.11. The average Bonchev–Trinajstić information content (AvgIpc) is 2.70. The Morgan fingerprint density at radius 2 is 2.29 bits per heavy atom. The van der Waals surface area contributed by atoms with E-state index in [1.807, 2.05) is 23.0 Å². The molecule has 0 bridgehead atoms. The zero-order valence-electron chi connectivity index (χ0n) is 7.27. The Labute approximate surface area is 94.4 Å². The highest BCUT2D eigenvalue weighted by Gasteiger charge is 1.95. The molecule has 2 heterocycles. The van der Waals surface area contributed by atoms with Crippen LogP contribution in [-0.4, -0.2) is 9.97 Å². The summed E-state index contributed by atoms with van der Waals surface area (Å²) in [7, 11) is 0. The zero-order chi connectivity index (χ0) is 9.80. The van der Waals surface area contributed by atoms with Gasteiger partial charge in [-0.25, -0.2) is 9.97 Å². The topological polar surface area (TPSA) is 37.8 Å². The minimum absolute atomic E-state index is 0.743. The maximum Gasteiger partial charge on any atom is 0.106 e.